The number of aliphatic hydroxyl groups is 1. The number of ether oxygens (including phenoxy) is 4. The van der Waals surface area contributed by atoms with Crippen LogP contribution < -0.4 is 0 Å². The number of aliphatic hydroxyl groups excluding tert-OH is 1. The smallest absolute Gasteiger partial charge is 0.462 e. The Morgan fingerprint density at radius 2 is 0.479 bits per heavy atom. The quantitative estimate of drug-likeness (QED) is 0.0222. The fraction of sp³-hybridized carbons (Fsp3) is 0.948. The first-order chi connectivity index (χ1) is 46.2. The van der Waals surface area contributed by atoms with Gasteiger partial charge in [0.2, 0.25) is 0 Å². The average Bonchev–Trinajstić information content (AvgIpc) is 1.13. The molecule has 19 heteroatoms. The lowest BCUT2D eigenvalue weighted by atomic mass is 10.0. The average molecular weight is 1410 g/mol. The zero-order valence-corrected chi connectivity index (χ0v) is 64.6. The van der Waals surface area contributed by atoms with Crippen LogP contribution in [0.2, 0.25) is 0 Å². The van der Waals surface area contributed by atoms with Crippen molar-refractivity contribution in [2.24, 2.45) is 17.8 Å². The Morgan fingerprint density at radius 1 is 0.281 bits per heavy atom. The molecule has 0 spiro atoms. The molecule has 96 heavy (non-hydrogen) atoms. The first-order valence-corrected chi connectivity index (χ1v) is 42.8. The van der Waals surface area contributed by atoms with Gasteiger partial charge in [0.25, 0.3) is 0 Å². The predicted octanol–water partition coefficient (Wildman–Crippen LogP) is 22.6. The van der Waals surface area contributed by atoms with Gasteiger partial charge < -0.3 is 33.8 Å². The van der Waals surface area contributed by atoms with Crippen LogP contribution in [0.4, 0.5) is 0 Å². The number of phosphoric acid groups is 2. The van der Waals surface area contributed by atoms with Crippen LogP contribution in [0.1, 0.15) is 395 Å². The Bertz CT molecular complexity index is 1870. The molecule has 5 atom stereocenters. The van der Waals surface area contributed by atoms with Gasteiger partial charge in [-0.25, -0.2) is 9.13 Å². The van der Waals surface area contributed by atoms with Crippen LogP contribution in [0.25, 0.3) is 0 Å². The summed E-state index contributed by atoms with van der Waals surface area (Å²) >= 11 is 0. The molecule has 0 aromatic carbocycles. The topological polar surface area (TPSA) is 237 Å². The van der Waals surface area contributed by atoms with Gasteiger partial charge in [0.15, 0.2) is 12.2 Å². The number of rotatable bonds is 75. The Kier molecular flexibility index (Phi) is 66.2. The highest BCUT2D eigenvalue weighted by molar-refractivity contribution is 7.47. The third-order valence-corrected chi connectivity index (χ3v) is 19.8. The minimum Gasteiger partial charge on any atom is -0.462 e. The van der Waals surface area contributed by atoms with Crippen molar-refractivity contribution in [1.82, 2.24) is 0 Å². The summed E-state index contributed by atoms with van der Waals surface area (Å²) in [4.78, 5) is 72.8. The molecule has 0 bridgehead atoms. The van der Waals surface area contributed by atoms with Crippen LogP contribution in [-0.2, 0) is 65.4 Å². The molecular weight excluding hydrogens is 1260 g/mol. The molecule has 0 aliphatic rings. The number of unbranched alkanes of at least 4 members (excludes halogenated alkanes) is 43. The Labute approximate surface area is 588 Å². The summed E-state index contributed by atoms with van der Waals surface area (Å²) in [6, 6.07) is 0. The number of carbonyl (C=O) groups excluding carboxylic acids is 4. The fourth-order valence-electron chi connectivity index (χ4n) is 11.8. The largest absolute Gasteiger partial charge is 0.472 e. The normalized spacial score (nSPS) is 14.1. The van der Waals surface area contributed by atoms with Crippen molar-refractivity contribution >= 4 is 39.5 Å². The van der Waals surface area contributed by atoms with Gasteiger partial charge in [-0.3, -0.25) is 37.3 Å². The van der Waals surface area contributed by atoms with Crippen molar-refractivity contribution in [1.29, 1.82) is 0 Å². The Balaban J connectivity index is 5.24. The molecule has 0 aliphatic carbocycles. The molecule has 0 fully saturated rings. The molecule has 3 N–H and O–H groups in total. The Morgan fingerprint density at radius 3 is 0.708 bits per heavy atom. The highest BCUT2D eigenvalue weighted by Gasteiger charge is 2.30. The van der Waals surface area contributed by atoms with Gasteiger partial charge in [0.1, 0.15) is 19.3 Å². The molecule has 0 aromatic heterocycles. The monoisotopic (exact) mass is 1410 g/mol. The van der Waals surface area contributed by atoms with Gasteiger partial charge in [-0.1, -0.05) is 344 Å². The van der Waals surface area contributed by atoms with Gasteiger partial charge in [0.05, 0.1) is 26.4 Å². The van der Waals surface area contributed by atoms with Crippen molar-refractivity contribution in [3.05, 3.63) is 0 Å². The van der Waals surface area contributed by atoms with Crippen LogP contribution in [-0.4, -0.2) is 96.7 Å². The predicted molar refractivity (Wildman–Crippen MR) is 391 cm³/mol. The van der Waals surface area contributed by atoms with Crippen molar-refractivity contribution < 1.29 is 80.2 Å². The Hall–Kier alpha value is -1.94. The fourth-order valence-corrected chi connectivity index (χ4v) is 13.4. The summed E-state index contributed by atoms with van der Waals surface area (Å²) in [7, 11) is -9.91. The maximum absolute atomic E-state index is 13.1. The lowest BCUT2D eigenvalue weighted by Gasteiger charge is -2.21. The molecule has 0 amide bonds. The molecule has 0 rings (SSSR count). The van der Waals surface area contributed by atoms with E-state index in [2.05, 4.69) is 48.5 Å². The molecule has 17 nitrogen and oxygen atoms in total. The van der Waals surface area contributed by atoms with E-state index in [1.807, 2.05) is 0 Å². The van der Waals surface area contributed by atoms with Crippen LogP contribution >= 0.6 is 15.6 Å². The number of carbonyl (C=O) groups is 4. The van der Waals surface area contributed by atoms with E-state index in [1.165, 1.54) is 199 Å². The van der Waals surface area contributed by atoms with Gasteiger partial charge in [-0.2, -0.15) is 0 Å². The summed E-state index contributed by atoms with van der Waals surface area (Å²) in [5, 5.41) is 10.6. The second-order valence-corrected chi connectivity index (χ2v) is 32.1. The number of phosphoric ester groups is 2. The van der Waals surface area contributed by atoms with Crippen LogP contribution in [0, 0.1) is 17.8 Å². The summed E-state index contributed by atoms with van der Waals surface area (Å²) in [6.07, 6.45) is 54.2. The first kappa shape index (κ1) is 94.1. The molecular formula is C77H150O17P2. The minimum atomic E-state index is -4.96. The number of hydrogen-bond acceptors (Lipinski definition) is 15. The molecule has 0 radical (unpaired) electrons. The molecule has 0 aliphatic heterocycles. The molecule has 0 saturated heterocycles. The summed E-state index contributed by atoms with van der Waals surface area (Å²) < 4.78 is 68.6. The van der Waals surface area contributed by atoms with Crippen molar-refractivity contribution in [3.63, 3.8) is 0 Å². The van der Waals surface area contributed by atoms with Crippen molar-refractivity contribution in [2.75, 3.05) is 39.6 Å². The SMILES string of the molecule is CCCCCCCCCCCCCCCCCCCCCC(=O)O[C@H](COC(=O)CCCCCCCCCCCCCC(C)C)COP(=O)(O)OC[C@@H](O)COP(=O)(O)OC[C@@H](COC(=O)CCCCCCCCCC(C)C)OC(=O)CCCCCCCCCCCCC(C)C. The van der Waals surface area contributed by atoms with Gasteiger partial charge in [0, 0.05) is 25.7 Å². The zero-order chi connectivity index (χ0) is 70.9. The third kappa shape index (κ3) is 70.5. The van der Waals surface area contributed by atoms with E-state index in [9.17, 15) is 43.2 Å². The van der Waals surface area contributed by atoms with Crippen LogP contribution in [0.15, 0.2) is 0 Å². The van der Waals surface area contributed by atoms with Crippen molar-refractivity contribution in [3.8, 4) is 0 Å². The molecule has 0 saturated carbocycles. The highest BCUT2D eigenvalue weighted by Crippen LogP contribution is 2.45. The zero-order valence-electron chi connectivity index (χ0n) is 62.8. The standard InChI is InChI=1S/C77H150O17P2/c1-8-9-10-11-12-13-14-15-16-17-18-19-20-21-24-31-38-46-53-60-76(81)93-72(64-87-74(79)58-51-44-37-30-25-22-23-28-34-41-48-55-68(2)3)66-91-95(83,84)89-62-71(78)63-90-96(85,86)92-67-73(65-88-75(80)59-52-45-40-33-36-43-50-57-70(6)7)94-77(82)61-54-47-39-32-27-26-29-35-42-49-56-69(4)5/h68-73,78H,8-67H2,1-7H3,(H,83,84)(H,85,86)/t71-,72-,73-/m1/s1. The number of esters is 4. The van der Waals surface area contributed by atoms with E-state index in [-0.39, 0.29) is 25.7 Å². The van der Waals surface area contributed by atoms with E-state index in [0.717, 1.165) is 108 Å². The van der Waals surface area contributed by atoms with E-state index >= 15 is 0 Å². The van der Waals surface area contributed by atoms with E-state index in [1.54, 1.807) is 0 Å². The molecule has 570 valence electrons. The van der Waals surface area contributed by atoms with E-state index < -0.39 is 97.5 Å². The summed E-state index contributed by atoms with van der Waals surface area (Å²) in [5.74, 6) is 0.110. The third-order valence-electron chi connectivity index (χ3n) is 17.9. The maximum Gasteiger partial charge on any atom is 0.472 e. The second kappa shape index (κ2) is 67.5. The highest BCUT2D eigenvalue weighted by atomic mass is 31.2. The molecule has 0 aromatic rings. The van der Waals surface area contributed by atoms with Gasteiger partial charge in [-0.15, -0.1) is 0 Å². The van der Waals surface area contributed by atoms with E-state index in [0.29, 0.717) is 31.6 Å². The van der Waals surface area contributed by atoms with E-state index in [4.69, 9.17) is 37.0 Å². The summed E-state index contributed by atoms with van der Waals surface area (Å²) in [5.41, 5.74) is 0. The van der Waals surface area contributed by atoms with Crippen LogP contribution in [0.5, 0.6) is 0 Å². The lowest BCUT2D eigenvalue weighted by Crippen LogP contribution is -2.30. The van der Waals surface area contributed by atoms with Crippen molar-refractivity contribution in [2.45, 2.75) is 414 Å². The van der Waals surface area contributed by atoms with Crippen LogP contribution in [0.3, 0.4) is 0 Å². The second-order valence-electron chi connectivity index (χ2n) is 29.2. The molecule has 0 heterocycles. The van der Waals surface area contributed by atoms with Gasteiger partial charge in [-0.05, 0) is 43.4 Å². The number of hydrogen-bond donors (Lipinski definition) is 3. The first-order valence-electron chi connectivity index (χ1n) is 39.8. The minimum absolute atomic E-state index is 0.105. The van der Waals surface area contributed by atoms with Gasteiger partial charge >= 0.3 is 39.5 Å². The summed E-state index contributed by atoms with van der Waals surface area (Å²) in [6.45, 7) is 11.8. The maximum atomic E-state index is 13.1. The lowest BCUT2D eigenvalue weighted by molar-refractivity contribution is -0.161. The molecule has 2 unspecified atom stereocenters.